The minimum absolute atomic E-state index is 0.0490. The van der Waals surface area contributed by atoms with Gasteiger partial charge in [0, 0.05) is 56.0 Å². The highest BCUT2D eigenvalue weighted by Crippen LogP contribution is 2.44. The van der Waals surface area contributed by atoms with E-state index < -0.39 is 5.60 Å². The van der Waals surface area contributed by atoms with E-state index in [1.165, 1.54) is 0 Å². The second kappa shape index (κ2) is 9.53. The molecule has 3 heterocycles. The lowest BCUT2D eigenvalue weighted by molar-refractivity contribution is -0.125. The molecule has 1 saturated carbocycles. The van der Waals surface area contributed by atoms with E-state index in [1.807, 2.05) is 42.7 Å². The molecular formula is C27H36ClN3O5. The quantitative estimate of drug-likeness (QED) is 0.545. The van der Waals surface area contributed by atoms with Gasteiger partial charge in [0.1, 0.15) is 11.4 Å². The number of Topliss-reactive ketones (excluding diaryl/α,β-unsaturated/α-hetero) is 1. The molecule has 3 aliphatic heterocycles. The molecule has 1 aromatic carbocycles. The van der Waals surface area contributed by atoms with Crippen LogP contribution in [0.4, 0.5) is 9.59 Å². The smallest absolute Gasteiger partial charge is 0.410 e. The minimum Gasteiger partial charge on any atom is -0.444 e. The fourth-order valence-electron chi connectivity index (χ4n) is 5.99. The van der Waals surface area contributed by atoms with Gasteiger partial charge in [-0.1, -0.05) is 11.6 Å². The highest BCUT2D eigenvalue weighted by atomic mass is 35.5. The van der Waals surface area contributed by atoms with Crippen molar-refractivity contribution in [2.45, 2.75) is 71.1 Å². The van der Waals surface area contributed by atoms with Crippen LogP contribution in [0.3, 0.4) is 0 Å². The van der Waals surface area contributed by atoms with E-state index in [0.29, 0.717) is 62.9 Å². The number of likely N-dealkylation sites (tertiary alicyclic amines) is 1. The van der Waals surface area contributed by atoms with Crippen molar-refractivity contribution in [3.8, 4) is 0 Å². The van der Waals surface area contributed by atoms with Crippen LogP contribution in [-0.4, -0.2) is 77.6 Å². The van der Waals surface area contributed by atoms with Gasteiger partial charge >= 0.3 is 12.1 Å². The summed E-state index contributed by atoms with van der Waals surface area (Å²) in [5.41, 5.74) is 2.61. The maximum atomic E-state index is 13.4. The molecule has 1 aromatic rings. The SMILES string of the molecule is CC(C)(C)OC(=O)N1CCOCC1c1cc(Cl)cc2c1CN(C(=O)N1CC3(CCC(=O)CC3)C1)CC2. The van der Waals surface area contributed by atoms with Crippen LogP contribution < -0.4 is 0 Å². The topological polar surface area (TPSA) is 79.4 Å². The van der Waals surface area contributed by atoms with Crippen LogP contribution in [0.2, 0.25) is 5.02 Å². The summed E-state index contributed by atoms with van der Waals surface area (Å²) in [5.74, 6) is 0.344. The molecule has 0 N–H and O–H groups in total. The van der Waals surface area contributed by atoms with Crippen molar-refractivity contribution in [2.24, 2.45) is 5.41 Å². The average Bonchev–Trinajstić information content (AvgIpc) is 2.81. The number of urea groups is 1. The molecular weight excluding hydrogens is 482 g/mol. The monoisotopic (exact) mass is 517 g/mol. The summed E-state index contributed by atoms with van der Waals surface area (Å²) in [6, 6.07) is 3.60. The van der Waals surface area contributed by atoms with Gasteiger partial charge in [0.05, 0.1) is 19.3 Å². The number of nitrogens with zero attached hydrogens (tertiary/aromatic N) is 3. The summed E-state index contributed by atoms with van der Waals surface area (Å²) in [7, 11) is 0. The molecule has 1 aliphatic carbocycles. The molecule has 196 valence electrons. The van der Waals surface area contributed by atoms with Crippen LogP contribution in [0, 0.1) is 5.41 Å². The highest BCUT2D eigenvalue weighted by molar-refractivity contribution is 6.30. The third-order valence-corrected chi connectivity index (χ3v) is 8.14. The molecule has 36 heavy (non-hydrogen) atoms. The summed E-state index contributed by atoms with van der Waals surface area (Å²) in [5, 5.41) is 0.620. The van der Waals surface area contributed by atoms with Crippen molar-refractivity contribution in [3.05, 3.63) is 33.8 Å². The Kier molecular flexibility index (Phi) is 6.70. The minimum atomic E-state index is -0.600. The second-order valence-corrected chi connectivity index (χ2v) is 12.2. The number of hydrogen-bond donors (Lipinski definition) is 0. The lowest BCUT2D eigenvalue weighted by Crippen LogP contribution is -2.62. The molecule has 5 rings (SSSR count). The van der Waals surface area contributed by atoms with Gasteiger partial charge in [-0.2, -0.15) is 0 Å². The Morgan fingerprint density at radius 2 is 1.81 bits per heavy atom. The number of amides is 3. The molecule has 0 bridgehead atoms. The molecule has 3 amide bonds. The Hall–Kier alpha value is -2.32. The first-order valence-corrected chi connectivity index (χ1v) is 13.4. The number of benzene rings is 1. The van der Waals surface area contributed by atoms with Crippen molar-refractivity contribution in [1.82, 2.24) is 14.7 Å². The number of carbonyl (C=O) groups excluding carboxylic acids is 3. The highest BCUT2D eigenvalue weighted by Gasteiger charge is 2.48. The summed E-state index contributed by atoms with van der Waals surface area (Å²) >= 11 is 6.52. The number of ether oxygens (including phenoxy) is 2. The molecule has 0 aromatic heterocycles. The molecule has 3 fully saturated rings. The largest absolute Gasteiger partial charge is 0.444 e. The predicted octanol–water partition coefficient (Wildman–Crippen LogP) is 4.57. The molecule has 9 heteroatoms. The summed E-state index contributed by atoms with van der Waals surface area (Å²) in [4.78, 5) is 43.7. The average molecular weight is 518 g/mol. The van der Waals surface area contributed by atoms with E-state index in [-0.39, 0.29) is 23.6 Å². The van der Waals surface area contributed by atoms with Crippen molar-refractivity contribution in [1.29, 1.82) is 0 Å². The number of rotatable bonds is 1. The third kappa shape index (κ3) is 5.07. The maximum Gasteiger partial charge on any atom is 0.410 e. The Bertz CT molecular complexity index is 1050. The van der Waals surface area contributed by atoms with E-state index >= 15 is 0 Å². The first-order valence-electron chi connectivity index (χ1n) is 13.0. The number of carbonyl (C=O) groups is 3. The lowest BCUT2D eigenvalue weighted by Gasteiger charge is -2.53. The molecule has 8 nitrogen and oxygen atoms in total. The van der Waals surface area contributed by atoms with Gasteiger partial charge in [-0.25, -0.2) is 9.59 Å². The fraction of sp³-hybridized carbons (Fsp3) is 0.667. The van der Waals surface area contributed by atoms with E-state index in [2.05, 4.69) is 0 Å². The van der Waals surface area contributed by atoms with E-state index in [1.54, 1.807) is 4.90 Å². The molecule has 2 saturated heterocycles. The first kappa shape index (κ1) is 25.3. The van der Waals surface area contributed by atoms with Crippen molar-refractivity contribution in [3.63, 3.8) is 0 Å². The van der Waals surface area contributed by atoms with E-state index in [9.17, 15) is 14.4 Å². The van der Waals surface area contributed by atoms with Gasteiger partial charge in [0.15, 0.2) is 0 Å². The molecule has 0 radical (unpaired) electrons. The molecule has 1 unspecified atom stereocenters. The predicted molar refractivity (Wildman–Crippen MR) is 135 cm³/mol. The maximum absolute atomic E-state index is 13.4. The zero-order chi connectivity index (χ0) is 25.7. The van der Waals surface area contributed by atoms with E-state index in [4.69, 9.17) is 21.1 Å². The van der Waals surface area contributed by atoms with Crippen LogP contribution in [0.15, 0.2) is 12.1 Å². The van der Waals surface area contributed by atoms with Crippen LogP contribution in [0.1, 0.15) is 69.2 Å². The number of hydrogen-bond acceptors (Lipinski definition) is 5. The normalized spacial score (nSPS) is 23.8. The number of fused-ring (bicyclic) bond motifs is 1. The van der Waals surface area contributed by atoms with Gasteiger partial charge < -0.3 is 19.3 Å². The van der Waals surface area contributed by atoms with Gasteiger partial charge in [0.2, 0.25) is 0 Å². The van der Waals surface area contributed by atoms with Crippen LogP contribution in [0.25, 0.3) is 0 Å². The molecule has 4 aliphatic rings. The van der Waals surface area contributed by atoms with Gasteiger partial charge in [-0.3, -0.25) is 9.69 Å². The van der Waals surface area contributed by atoms with Gasteiger partial charge in [0.25, 0.3) is 0 Å². The van der Waals surface area contributed by atoms with Crippen molar-refractivity contribution < 1.29 is 23.9 Å². The molecule has 1 spiro atoms. The zero-order valence-electron chi connectivity index (χ0n) is 21.5. The third-order valence-electron chi connectivity index (χ3n) is 7.92. The fourth-order valence-corrected chi connectivity index (χ4v) is 6.24. The Labute approximate surface area is 217 Å². The second-order valence-electron chi connectivity index (χ2n) is 11.7. The zero-order valence-corrected chi connectivity index (χ0v) is 22.2. The number of morpholine rings is 1. The van der Waals surface area contributed by atoms with Gasteiger partial charge in [-0.15, -0.1) is 0 Å². The van der Waals surface area contributed by atoms with Gasteiger partial charge in [-0.05, 0) is 68.9 Å². The summed E-state index contributed by atoms with van der Waals surface area (Å²) < 4.78 is 11.5. The first-order chi connectivity index (χ1) is 17.0. The van der Waals surface area contributed by atoms with Crippen molar-refractivity contribution >= 4 is 29.5 Å². The lowest BCUT2D eigenvalue weighted by atomic mass is 9.68. The Morgan fingerprint density at radius 3 is 2.50 bits per heavy atom. The number of ketones is 1. The Morgan fingerprint density at radius 1 is 1.08 bits per heavy atom. The summed E-state index contributed by atoms with van der Waals surface area (Å²) in [6.07, 6.45) is 3.40. The standard InChI is InChI=1S/C27H36ClN3O5/c1-26(2,3)36-25(34)31-10-11-35-15-23(31)21-13-19(28)12-18-6-9-29(14-22(18)21)24(33)30-16-27(17-30)7-4-20(32)5-8-27/h12-13,23H,4-11,14-17H2,1-3H3. The number of halogens is 1. The van der Waals surface area contributed by atoms with Crippen molar-refractivity contribution in [2.75, 3.05) is 39.4 Å². The molecule has 1 atom stereocenters. The Balaban J connectivity index is 1.34. The summed E-state index contributed by atoms with van der Waals surface area (Å²) in [6.45, 7) is 9.38. The van der Waals surface area contributed by atoms with Crippen LogP contribution >= 0.6 is 11.6 Å². The van der Waals surface area contributed by atoms with Crippen LogP contribution in [0.5, 0.6) is 0 Å². The van der Waals surface area contributed by atoms with E-state index in [0.717, 1.165) is 42.6 Å². The van der Waals surface area contributed by atoms with Crippen LogP contribution in [-0.2, 0) is 27.2 Å².